The van der Waals surface area contributed by atoms with Crippen molar-refractivity contribution in [1.29, 1.82) is 0 Å². The Morgan fingerprint density at radius 2 is 0.308 bits per heavy atom. The quantitative estimate of drug-likeness (QED) is 0.152. The van der Waals surface area contributed by atoms with Crippen LogP contribution in [0.5, 0.6) is 0 Å². The van der Waals surface area contributed by atoms with Crippen LogP contribution >= 0.6 is 0 Å². The molecule has 38 heteroatoms. The SMILES string of the molecule is O=[Se]([O-])[O-].O=[Se]([O-])[O-].O=[Se]([O-])[O-].O=[Se]([O-])[O-].[Ni+3].[Ni+3].[O-2].[O-2].[O-2].[O-2].[O-2].[O-2].[O-2].[O-2].[V+4].[V+4].[V].[V].c1ccc(-c2ccccn2)nc1.c1ccc(-c2ccccn2)nc1.c1ccc(-c2ccccn2)nc1.c1ccc(-c2ccccn2)nc1. The predicted octanol–water partition coefficient (Wildman–Crippen LogP) is -3.90. The van der Waals surface area contributed by atoms with Gasteiger partial charge in [0.05, 0.1) is 45.6 Å². The number of hydrogen-bond acceptors (Lipinski definition) is 20. The molecule has 0 atom stereocenters. The van der Waals surface area contributed by atoms with E-state index in [1.165, 1.54) is 0 Å². The molecule has 0 aliphatic rings. The number of nitrogens with zero attached hydrogens (tertiary/aromatic N) is 8. The topological polar surface area (TPSA) is 584 Å². The summed E-state index contributed by atoms with van der Waals surface area (Å²) in [6.45, 7) is 0. The van der Waals surface area contributed by atoms with E-state index in [0.29, 0.717) is 0 Å². The molecule has 0 bridgehead atoms. The van der Waals surface area contributed by atoms with E-state index in [1.54, 1.807) is 49.6 Å². The maximum atomic E-state index is 8.54. The van der Waals surface area contributed by atoms with E-state index >= 15 is 0 Å². The standard InChI is InChI=1S/4C10H8N2.2Ni.4H2O3Se.8O.4V/c4*1-3-7-11-9(5-1)10-6-2-4-8-12-10;;;4*1-4(2)3;;;;;;;;;;;;/h4*1-8H;;;4*(H2,1,2,3);;;;;;;;;;;;/q;;;;2*+3;;;;;8*-2;;;2*+4/p-8. The molecule has 0 spiro atoms. The summed E-state index contributed by atoms with van der Waals surface area (Å²) in [4.78, 5) is 33.5. The van der Waals surface area contributed by atoms with Gasteiger partial charge in [-0.3, -0.25) is 39.9 Å². The van der Waals surface area contributed by atoms with Crippen LogP contribution in [0.25, 0.3) is 45.6 Å². The molecule has 0 unspecified atom stereocenters. The molecule has 0 saturated heterocycles. The summed E-state index contributed by atoms with van der Waals surface area (Å²) in [7, 11) is 0. The van der Waals surface area contributed by atoms with Crippen LogP contribution < -0.4 is 33.5 Å². The fraction of sp³-hybridized carbons (Fsp3) is 0. The first kappa shape index (κ1) is 111. The van der Waals surface area contributed by atoms with Crippen molar-refractivity contribution in [2.24, 2.45) is 0 Å². The molecule has 8 heterocycles. The van der Waals surface area contributed by atoms with Gasteiger partial charge in [-0.15, -0.1) is 0 Å². The molecule has 8 aromatic heterocycles. The van der Waals surface area contributed by atoms with Gasteiger partial charge in [-0.05, 0) is 97.1 Å². The van der Waals surface area contributed by atoms with Gasteiger partial charge in [-0.1, -0.05) is 48.5 Å². The molecule has 0 amide bonds. The third-order valence-corrected chi connectivity index (χ3v) is 6.37. The van der Waals surface area contributed by atoms with Crippen molar-refractivity contribution in [2.45, 2.75) is 0 Å². The molecule has 78 heavy (non-hydrogen) atoms. The summed E-state index contributed by atoms with van der Waals surface area (Å²) in [6.07, 6.45) is 14.1. The summed E-state index contributed by atoms with van der Waals surface area (Å²) < 4.78 is 103. The summed E-state index contributed by atoms with van der Waals surface area (Å²) >= 11 is -15.2. The first-order valence-corrected chi connectivity index (χ1v) is 25.6. The molecule has 28 nitrogen and oxygen atoms in total. The molecular formula is C40H32N8Ni2O20Se4V4-10. The minimum absolute atomic E-state index is 0. The molecule has 0 aliphatic carbocycles. The summed E-state index contributed by atoms with van der Waals surface area (Å²) in [5.74, 6) is 0. The van der Waals surface area contributed by atoms with Crippen molar-refractivity contribution in [1.82, 2.24) is 39.9 Å². The van der Waals surface area contributed by atoms with Crippen molar-refractivity contribution >= 4 is 58.0 Å². The van der Waals surface area contributed by atoms with Crippen LogP contribution in [-0.4, -0.2) is 97.8 Å². The van der Waals surface area contributed by atoms with Crippen LogP contribution in [0.15, 0.2) is 195 Å². The van der Waals surface area contributed by atoms with Crippen molar-refractivity contribution in [3.63, 3.8) is 0 Å². The van der Waals surface area contributed by atoms with Crippen molar-refractivity contribution in [2.75, 3.05) is 0 Å². The minimum atomic E-state index is -3.79. The average molecular weight is 1580 g/mol. The van der Waals surface area contributed by atoms with E-state index in [1.807, 2.05) is 146 Å². The van der Waals surface area contributed by atoms with Crippen molar-refractivity contribution in [3.8, 4) is 45.6 Å². The molecule has 0 aliphatic heterocycles. The number of pyridine rings is 8. The molecule has 8 aromatic rings. The van der Waals surface area contributed by atoms with Gasteiger partial charge in [0.15, 0.2) is 0 Å². The summed E-state index contributed by atoms with van der Waals surface area (Å²) in [6, 6.07) is 46.4. The Balaban J connectivity index is -0.0000000507. The van der Waals surface area contributed by atoms with Gasteiger partial charge < -0.3 is 43.8 Å². The van der Waals surface area contributed by atoms with E-state index in [2.05, 4.69) is 39.9 Å². The van der Waals surface area contributed by atoms with Gasteiger partial charge >= 0.3 is 177 Å². The average Bonchev–Trinajstić information content (AvgIpc) is 3.31. The smallest absolute Gasteiger partial charge is 2.00 e. The fourth-order valence-electron chi connectivity index (χ4n) is 4.11. The van der Waals surface area contributed by atoms with E-state index < -0.39 is 58.0 Å². The Bertz CT molecular complexity index is 1980. The Kier molecular flexibility index (Phi) is 105. The zero-order valence-electron chi connectivity index (χ0n) is 38.3. The van der Waals surface area contributed by atoms with Crippen LogP contribution in [-0.2, 0) is 166 Å². The van der Waals surface area contributed by atoms with E-state index in [0.717, 1.165) is 45.6 Å². The molecule has 0 saturated carbocycles. The second-order valence-electron chi connectivity index (χ2n) is 10.5. The third kappa shape index (κ3) is 64.0. The van der Waals surface area contributed by atoms with Gasteiger partial charge in [-0.25, -0.2) is 0 Å². The molecule has 8 rings (SSSR count). The number of rotatable bonds is 4. The Hall–Kier alpha value is -2.84. The van der Waals surface area contributed by atoms with E-state index in [4.69, 9.17) is 48.8 Å². The Labute approximate surface area is 533 Å². The van der Waals surface area contributed by atoms with Crippen molar-refractivity contribution < 1.29 is 200 Å². The Morgan fingerprint density at radius 3 is 0.359 bits per heavy atom. The summed E-state index contributed by atoms with van der Waals surface area (Å²) in [5, 5.41) is 0. The second-order valence-corrected chi connectivity index (χ2v) is 14.0. The Morgan fingerprint density at radius 1 is 0.231 bits per heavy atom. The largest absolute Gasteiger partial charge is 4.00 e. The maximum Gasteiger partial charge on any atom is 4.00 e. The van der Waals surface area contributed by atoms with E-state index in [9.17, 15) is 0 Å². The normalized spacial score (nSPS) is 7.74. The first-order valence-electron chi connectivity index (χ1n) is 17.2. The third-order valence-electron chi connectivity index (χ3n) is 6.37. The van der Waals surface area contributed by atoms with Crippen LogP contribution in [0.3, 0.4) is 0 Å². The molecule has 0 N–H and O–H groups in total. The second kappa shape index (κ2) is 74.2. The van der Waals surface area contributed by atoms with Crippen LogP contribution in [0.2, 0.25) is 0 Å². The molecule has 0 fully saturated rings. The zero-order valence-corrected chi connectivity index (χ0v) is 52.7. The van der Waals surface area contributed by atoms with Gasteiger partial charge in [-0.2, -0.15) is 0 Å². The summed E-state index contributed by atoms with van der Waals surface area (Å²) in [5.41, 5.74) is 7.32. The molecular weight excluding hydrogens is 1550 g/mol. The fourth-order valence-corrected chi connectivity index (χ4v) is 4.11. The van der Waals surface area contributed by atoms with Crippen molar-refractivity contribution in [3.05, 3.63) is 195 Å². The number of hydrogen-bond donors (Lipinski definition) is 0. The minimum Gasteiger partial charge on any atom is -2.00 e. The van der Waals surface area contributed by atoms with Crippen LogP contribution in [0.4, 0.5) is 0 Å². The van der Waals surface area contributed by atoms with Gasteiger partial charge in [0.25, 0.3) is 0 Å². The predicted molar refractivity (Wildman–Crippen MR) is 221 cm³/mol. The first-order chi connectivity index (χ1) is 30.8. The maximum absolute atomic E-state index is 8.54. The molecule has 426 valence electrons. The van der Waals surface area contributed by atoms with Gasteiger partial charge in [0.2, 0.25) is 0 Å². The van der Waals surface area contributed by atoms with Crippen LogP contribution in [0, 0.1) is 0 Å². The molecule has 0 aromatic carbocycles. The molecule has 6 radical (unpaired) electrons. The number of aromatic nitrogens is 8. The monoisotopic (exact) mass is 1580 g/mol. The van der Waals surface area contributed by atoms with Gasteiger partial charge in [0.1, 0.15) is 0 Å². The van der Waals surface area contributed by atoms with Gasteiger partial charge in [0, 0.05) is 86.7 Å². The van der Waals surface area contributed by atoms with E-state index in [-0.39, 0.29) is 151 Å². The van der Waals surface area contributed by atoms with Crippen LogP contribution in [0.1, 0.15) is 0 Å². The zero-order chi connectivity index (χ0) is 47.2.